The molecule has 0 atom stereocenters. The van der Waals surface area contributed by atoms with Gasteiger partial charge in [-0.05, 0) is 5.56 Å². The molecule has 0 unspecified atom stereocenters. The van der Waals surface area contributed by atoms with E-state index in [9.17, 15) is 19.2 Å². The van der Waals surface area contributed by atoms with Crippen LogP contribution in [0.25, 0.3) is 0 Å². The van der Waals surface area contributed by atoms with Crippen molar-refractivity contribution in [1.29, 1.82) is 0 Å². The lowest BCUT2D eigenvalue weighted by molar-refractivity contribution is 0.0902. The van der Waals surface area contributed by atoms with Gasteiger partial charge in [0, 0.05) is 46.4 Å². The highest BCUT2D eigenvalue weighted by Crippen LogP contribution is 2.49. The maximum atomic E-state index is 13.8. The zero-order valence-corrected chi connectivity index (χ0v) is 17.7. The summed E-state index contributed by atoms with van der Waals surface area (Å²) in [5, 5.41) is 0. The second-order valence-corrected chi connectivity index (χ2v) is 8.33. The molecule has 0 bridgehead atoms. The van der Waals surface area contributed by atoms with Crippen molar-refractivity contribution < 1.29 is 19.2 Å². The molecule has 0 aromatic heterocycles. The summed E-state index contributed by atoms with van der Waals surface area (Å²) in [6, 6.07) is 22.5. The molecule has 0 saturated heterocycles. The van der Waals surface area contributed by atoms with E-state index in [1.807, 2.05) is 30.3 Å². The van der Waals surface area contributed by atoms with Gasteiger partial charge in [0.1, 0.15) is 0 Å². The first kappa shape index (κ1) is 19.3. The van der Waals surface area contributed by atoms with E-state index in [1.54, 1.807) is 55.6 Å². The van der Waals surface area contributed by atoms with Crippen LogP contribution >= 0.6 is 0 Å². The van der Waals surface area contributed by atoms with Gasteiger partial charge < -0.3 is 4.90 Å². The van der Waals surface area contributed by atoms with Crippen LogP contribution in [0.15, 0.2) is 101 Å². The number of carbonyl (C=O) groups excluding carboxylic acids is 4. The van der Waals surface area contributed by atoms with E-state index in [2.05, 4.69) is 0 Å². The molecular weight excluding hydrogens is 414 g/mol. The molecule has 33 heavy (non-hydrogen) atoms. The minimum absolute atomic E-state index is 0.159. The summed E-state index contributed by atoms with van der Waals surface area (Å²) in [7, 11) is 1.59. The highest BCUT2D eigenvalue weighted by molar-refractivity contribution is 6.33. The number of Topliss-reactive ketones (excluding diaryl/α,β-unsaturated/α-hetero) is 4. The number of rotatable bonds is 1. The molecule has 6 rings (SSSR count). The molecule has 0 radical (unpaired) electrons. The van der Waals surface area contributed by atoms with Gasteiger partial charge >= 0.3 is 0 Å². The summed E-state index contributed by atoms with van der Waals surface area (Å²) in [5.74, 6) is -2.07. The van der Waals surface area contributed by atoms with Crippen molar-refractivity contribution in [2.45, 2.75) is 5.92 Å². The molecule has 158 valence electrons. The van der Waals surface area contributed by atoms with E-state index < -0.39 is 5.92 Å². The fourth-order valence-electron chi connectivity index (χ4n) is 5.20. The molecular formula is C28H17NO4. The molecule has 1 aliphatic heterocycles. The average Bonchev–Trinajstić information content (AvgIpc) is 2.85. The Balaban J connectivity index is 1.68. The van der Waals surface area contributed by atoms with E-state index in [0.29, 0.717) is 27.8 Å². The van der Waals surface area contributed by atoms with E-state index >= 15 is 0 Å². The highest BCUT2D eigenvalue weighted by atomic mass is 16.2. The summed E-state index contributed by atoms with van der Waals surface area (Å²) >= 11 is 0. The monoisotopic (exact) mass is 431 g/mol. The van der Waals surface area contributed by atoms with Crippen LogP contribution in [0.2, 0.25) is 0 Å². The van der Waals surface area contributed by atoms with Crippen LogP contribution in [0.1, 0.15) is 52.9 Å². The normalized spacial score (nSPS) is 17.7. The van der Waals surface area contributed by atoms with Gasteiger partial charge in [-0.15, -0.1) is 0 Å². The summed E-state index contributed by atoms with van der Waals surface area (Å²) in [6.45, 7) is 0. The van der Waals surface area contributed by atoms with E-state index in [-0.39, 0.29) is 45.7 Å². The first-order valence-corrected chi connectivity index (χ1v) is 10.6. The van der Waals surface area contributed by atoms with Crippen molar-refractivity contribution >= 4 is 23.1 Å². The first-order chi connectivity index (χ1) is 16.0. The summed E-state index contributed by atoms with van der Waals surface area (Å²) in [5.41, 5.74) is 2.73. The van der Waals surface area contributed by atoms with Crippen LogP contribution in [-0.2, 0) is 0 Å². The van der Waals surface area contributed by atoms with Gasteiger partial charge in [-0.1, -0.05) is 78.9 Å². The molecule has 0 fully saturated rings. The molecule has 3 aromatic rings. The predicted octanol–water partition coefficient (Wildman–Crippen LogP) is 4.38. The number of nitrogens with zero attached hydrogens (tertiary/aromatic N) is 1. The van der Waals surface area contributed by atoms with Crippen molar-refractivity contribution in [3.05, 3.63) is 129 Å². The molecule has 0 amide bonds. The van der Waals surface area contributed by atoms with Gasteiger partial charge in [-0.2, -0.15) is 0 Å². The smallest absolute Gasteiger partial charge is 0.210 e. The van der Waals surface area contributed by atoms with Gasteiger partial charge in [0.25, 0.3) is 0 Å². The quantitative estimate of drug-likeness (QED) is 0.572. The Morgan fingerprint density at radius 2 is 0.879 bits per heavy atom. The molecule has 1 heterocycles. The largest absolute Gasteiger partial charge is 0.337 e. The van der Waals surface area contributed by atoms with Crippen LogP contribution in [0.5, 0.6) is 0 Å². The topological polar surface area (TPSA) is 71.5 Å². The number of hydrogen-bond donors (Lipinski definition) is 0. The second-order valence-electron chi connectivity index (χ2n) is 8.33. The van der Waals surface area contributed by atoms with E-state index in [0.717, 1.165) is 0 Å². The van der Waals surface area contributed by atoms with Crippen LogP contribution in [0, 0.1) is 0 Å². The molecule has 0 spiro atoms. The summed E-state index contributed by atoms with van der Waals surface area (Å²) < 4.78 is 0. The zero-order valence-electron chi connectivity index (χ0n) is 17.7. The average molecular weight is 431 g/mol. The Bertz CT molecular complexity index is 1400. The number of ketones is 4. The molecule has 3 aliphatic rings. The van der Waals surface area contributed by atoms with Gasteiger partial charge in [0.15, 0.2) is 11.6 Å². The first-order valence-electron chi connectivity index (χ1n) is 10.6. The lowest BCUT2D eigenvalue weighted by atomic mass is 9.68. The Labute approximate surface area is 189 Å². The van der Waals surface area contributed by atoms with Crippen LogP contribution < -0.4 is 0 Å². The van der Waals surface area contributed by atoms with Crippen molar-refractivity contribution in [1.82, 2.24) is 4.90 Å². The maximum absolute atomic E-state index is 13.8. The van der Waals surface area contributed by atoms with Crippen molar-refractivity contribution in [2.75, 3.05) is 7.05 Å². The highest BCUT2D eigenvalue weighted by Gasteiger charge is 2.49. The van der Waals surface area contributed by atoms with Crippen LogP contribution in [0.4, 0.5) is 0 Å². The Morgan fingerprint density at radius 3 is 1.30 bits per heavy atom. The van der Waals surface area contributed by atoms with Crippen LogP contribution in [-0.4, -0.2) is 35.1 Å². The molecule has 2 aliphatic carbocycles. The van der Waals surface area contributed by atoms with Crippen LogP contribution in [0.3, 0.4) is 0 Å². The lowest BCUT2D eigenvalue weighted by Gasteiger charge is -2.41. The third kappa shape index (κ3) is 2.47. The number of allylic oxidation sites excluding steroid dienone is 4. The second kappa shape index (κ2) is 6.81. The molecule has 0 N–H and O–H groups in total. The van der Waals surface area contributed by atoms with Crippen molar-refractivity contribution in [2.24, 2.45) is 0 Å². The van der Waals surface area contributed by atoms with E-state index in [1.165, 1.54) is 4.90 Å². The number of carbonyl (C=O) groups is 4. The minimum atomic E-state index is -0.818. The maximum Gasteiger partial charge on any atom is 0.210 e. The minimum Gasteiger partial charge on any atom is -0.337 e. The van der Waals surface area contributed by atoms with Gasteiger partial charge in [0.05, 0.1) is 11.4 Å². The fraction of sp³-hybridized carbons (Fsp3) is 0.0714. The zero-order chi connectivity index (χ0) is 22.9. The Kier molecular flexibility index (Phi) is 3.98. The number of likely N-dealkylation sites (N-methyl/N-ethyl adjacent to an activating group) is 1. The van der Waals surface area contributed by atoms with E-state index in [4.69, 9.17) is 0 Å². The van der Waals surface area contributed by atoms with Gasteiger partial charge in [-0.3, -0.25) is 19.2 Å². The molecule has 5 nitrogen and oxygen atoms in total. The third-order valence-corrected chi connectivity index (χ3v) is 6.64. The molecule has 3 aromatic carbocycles. The summed E-state index contributed by atoms with van der Waals surface area (Å²) in [4.78, 5) is 56.3. The standard InChI is InChI=1S/C28H17NO4/c1-29-23-21(25(30)16-11-5-7-13-18(16)27(23)32)20(15-9-3-2-4-10-15)22-24(29)28(33)19-14-8-6-12-17(19)26(22)31/h2-14,20H,1H3. The van der Waals surface area contributed by atoms with Gasteiger partial charge in [-0.25, -0.2) is 0 Å². The molecule has 0 saturated carbocycles. The number of fused-ring (bicyclic) bond motifs is 2. The number of benzene rings is 3. The van der Waals surface area contributed by atoms with Crippen molar-refractivity contribution in [3.63, 3.8) is 0 Å². The SMILES string of the molecule is CN1C2=C(C(=O)c3ccccc3C2=O)C(c2ccccc2)C2=C1C(=O)c1ccccc1C2=O. The van der Waals surface area contributed by atoms with Gasteiger partial charge in [0.2, 0.25) is 11.6 Å². The third-order valence-electron chi connectivity index (χ3n) is 6.64. The fourth-order valence-corrected chi connectivity index (χ4v) is 5.20. The molecule has 5 heteroatoms. The Morgan fingerprint density at radius 1 is 0.515 bits per heavy atom. The predicted molar refractivity (Wildman–Crippen MR) is 121 cm³/mol. The summed E-state index contributed by atoms with van der Waals surface area (Å²) in [6.07, 6.45) is 0. The Hall–Kier alpha value is -4.38. The van der Waals surface area contributed by atoms with Crippen molar-refractivity contribution in [3.8, 4) is 0 Å². The number of hydrogen-bond acceptors (Lipinski definition) is 5. The lowest BCUT2D eigenvalue weighted by Crippen LogP contribution is -2.43.